The molecule has 1 unspecified atom stereocenters. The zero-order valence-electron chi connectivity index (χ0n) is 11.0. The Morgan fingerprint density at radius 3 is 2.29 bits per heavy atom. The zero-order valence-corrected chi connectivity index (χ0v) is 11.0. The fourth-order valence-corrected chi connectivity index (χ4v) is 2.01. The molecule has 0 fully saturated rings. The van der Waals surface area contributed by atoms with Crippen LogP contribution in [0, 0.1) is 5.41 Å². The van der Waals surface area contributed by atoms with E-state index in [0.717, 1.165) is 18.7 Å². The number of amidine groups is 1. The number of likely N-dealkylation sites (N-methyl/N-ethyl adjacent to an activating group) is 1. The van der Waals surface area contributed by atoms with Crippen LogP contribution in [0.3, 0.4) is 0 Å². The van der Waals surface area contributed by atoms with E-state index in [0.29, 0.717) is 6.04 Å². The number of nitrogens with zero attached hydrogens (tertiary/aromatic N) is 1. The predicted octanol–water partition coefficient (Wildman–Crippen LogP) is 2.44. The van der Waals surface area contributed by atoms with Gasteiger partial charge in [0.25, 0.3) is 0 Å². The average Bonchev–Trinajstić information content (AvgIpc) is 2.30. The maximum absolute atomic E-state index is 7.75. The van der Waals surface area contributed by atoms with Gasteiger partial charge in [-0.3, -0.25) is 5.41 Å². The lowest BCUT2D eigenvalue weighted by Gasteiger charge is -2.29. The molecule has 0 radical (unpaired) electrons. The summed E-state index contributed by atoms with van der Waals surface area (Å²) >= 11 is 0. The van der Waals surface area contributed by atoms with Crippen LogP contribution < -0.4 is 5.73 Å². The van der Waals surface area contributed by atoms with E-state index in [2.05, 4.69) is 25.7 Å². The first-order valence-corrected chi connectivity index (χ1v) is 6.19. The minimum atomic E-state index is -0.00134. The van der Waals surface area contributed by atoms with Gasteiger partial charge in [-0.15, -0.1) is 0 Å². The number of hydrogen-bond acceptors (Lipinski definition) is 2. The normalized spacial score (nSPS) is 13.0. The molecule has 0 aromatic heterocycles. The standard InChI is InChI=1S/C14H23N3/c1-4-17(11(2)3)10-13(14(15)16)12-8-6-5-7-9-12/h5-9,11,13H,4,10H2,1-3H3,(H3,15,16). The largest absolute Gasteiger partial charge is 0.387 e. The predicted molar refractivity (Wildman–Crippen MR) is 73.5 cm³/mol. The quantitative estimate of drug-likeness (QED) is 0.585. The second kappa shape index (κ2) is 6.40. The Labute approximate surface area is 104 Å². The van der Waals surface area contributed by atoms with Crippen molar-refractivity contribution < 1.29 is 0 Å². The Balaban J connectivity index is 2.84. The molecule has 0 aliphatic carbocycles. The van der Waals surface area contributed by atoms with Gasteiger partial charge >= 0.3 is 0 Å². The highest BCUT2D eigenvalue weighted by molar-refractivity contribution is 5.84. The third-order valence-electron chi connectivity index (χ3n) is 3.13. The maximum Gasteiger partial charge on any atom is 0.0995 e. The third kappa shape index (κ3) is 3.86. The summed E-state index contributed by atoms with van der Waals surface area (Å²) in [5, 5.41) is 7.75. The molecule has 0 aliphatic rings. The van der Waals surface area contributed by atoms with E-state index in [1.165, 1.54) is 0 Å². The molecule has 1 aromatic carbocycles. The third-order valence-corrected chi connectivity index (χ3v) is 3.13. The van der Waals surface area contributed by atoms with Gasteiger partial charge < -0.3 is 10.6 Å². The Hall–Kier alpha value is -1.35. The highest BCUT2D eigenvalue weighted by atomic mass is 15.1. The van der Waals surface area contributed by atoms with Crippen LogP contribution in [0.25, 0.3) is 0 Å². The summed E-state index contributed by atoms with van der Waals surface area (Å²) in [6.07, 6.45) is 0. The Morgan fingerprint density at radius 2 is 1.88 bits per heavy atom. The number of benzene rings is 1. The van der Waals surface area contributed by atoms with Crippen LogP contribution >= 0.6 is 0 Å². The summed E-state index contributed by atoms with van der Waals surface area (Å²) < 4.78 is 0. The van der Waals surface area contributed by atoms with Crippen molar-refractivity contribution in [3.63, 3.8) is 0 Å². The van der Waals surface area contributed by atoms with E-state index < -0.39 is 0 Å². The van der Waals surface area contributed by atoms with Gasteiger partial charge in [-0.05, 0) is 26.0 Å². The molecule has 0 saturated carbocycles. The molecule has 3 heteroatoms. The minimum absolute atomic E-state index is 0.00134. The summed E-state index contributed by atoms with van der Waals surface area (Å²) in [5.41, 5.74) is 6.85. The van der Waals surface area contributed by atoms with Crippen LogP contribution in [0.2, 0.25) is 0 Å². The number of hydrogen-bond donors (Lipinski definition) is 2. The van der Waals surface area contributed by atoms with E-state index in [1.807, 2.05) is 30.3 Å². The van der Waals surface area contributed by atoms with Crippen LogP contribution in [0.15, 0.2) is 30.3 Å². The Morgan fingerprint density at radius 1 is 1.29 bits per heavy atom. The zero-order chi connectivity index (χ0) is 12.8. The smallest absolute Gasteiger partial charge is 0.0995 e. The molecule has 0 spiro atoms. The topological polar surface area (TPSA) is 53.1 Å². The van der Waals surface area contributed by atoms with E-state index in [9.17, 15) is 0 Å². The molecular weight excluding hydrogens is 210 g/mol. The lowest BCUT2D eigenvalue weighted by molar-refractivity contribution is 0.231. The Kier molecular flexibility index (Phi) is 5.16. The van der Waals surface area contributed by atoms with Crippen molar-refractivity contribution in [1.82, 2.24) is 4.90 Å². The molecule has 0 saturated heterocycles. The minimum Gasteiger partial charge on any atom is -0.387 e. The molecule has 3 nitrogen and oxygen atoms in total. The number of rotatable bonds is 6. The van der Waals surface area contributed by atoms with Gasteiger partial charge in [-0.1, -0.05) is 37.3 Å². The first-order valence-electron chi connectivity index (χ1n) is 6.19. The summed E-state index contributed by atoms with van der Waals surface area (Å²) in [5.74, 6) is 0.244. The van der Waals surface area contributed by atoms with Gasteiger partial charge in [0.05, 0.1) is 11.8 Å². The second-order valence-corrected chi connectivity index (χ2v) is 4.60. The van der Waals surface area contributed by atoms with E-state index in [-0.39, 0.29) is 11.8 Å². The molecule has 94 valence electrons. The average molecular weight is 233 g/mol. The SMILES string of the molecule is CCN(CC(C(=N)N)c1ccccc1)C(C)C. The molecule has 17 heavy (non-hydrogen) atoms. The molecule has 3 N–H and O–H groups in total. The van der Waals surface area contributed by atoms with Gasteiger partial charge in [-0.25, -0.2) is 0 Å². The molecule has 1 rings (SSSR count). The van der Waals surface area contributed by atoms with Crippen molar-refractivity contribution in [2.75, 3.05) is 13.1 Å². The van der Waals surface area contributed by atoms with E-state index in [4.69, 9.17) is 11.1 Å². The summed E-state index contributed by atoms with van der Waals surface area (Å²) in [4.78, 5) is 2.33. The number of nitrogens with one attached hydrogen (secondary N) is 1. The molecule has 0 heterocycles. The number of nitrogens with two attached hydrogens (primary N) is 1. The van der Waals surface area contributed by atoms with E-state index >= 15 is 0 Å². The van der Waals surface area contributed by atoms with Gasteiger partial charge in [-0.2, -0.15) is 0 Å². The fourth-order valence-electron chi connectivity index (χ4n) is 2.01. The molecule has 1 atom stereocenters. The first kappa shape index (κ1) is 13.7. The lowest BCUT2D eigenvalue weighted by Crippen LogP contribution is -2.38. The fraction of sp³-hybridized carbons (Fsp3) is 0.500. The van der Waals surface area contributed by atoms with Crippen molar-refractivity contribution in [1.29, 1.82) is 5.41 Å². The van der Waals surface area contributed by atoms with Gasteiger partial charge in [0.1, 0.15) is 0 Å². The monoisotopic (exact) mass is 233 g/mol. The van der Waals surface area contributed by atoms with Crippen molar-refractivity contribution in [3.8, 4) is 0 Å². The van der Waals surface area contributed by atoms with Gasteiger partial charge in [0.2, 0.25) is 0 Å². The summed E-state index contributed by atoms with van der Waals surface area (Å²) in [6, 6.07) is 10.5. The van der Waals surface area contributed by atoms with Crippen molar-refractivity contribution in [2.45, 2.75) is 32.7 Å². The van der Waals surface area contributed by atoms with Crippen LogP contribution in [0.5, 0.6) is 0 Å². The van der Waals surface area contributed by atoms with Crippen molar-refractivity contribution in [2.24, 2.45) is 5.73 Å². The lowest BCUT2D eigenvalue weighted by atomic mass is 9.97. The Bertz CT molecular complexity index is 346. The molecule has 0 bridgehead atoms. The maximum atomic E-state index is 7.75. The molecule has 0 aliphatic heterocycles. The molecule has 0 amide bonds. The van der Waals surface area contributed by atoms with Gasteiger partial charge in [0.15, 0.2) is 0 Å². The van der Waals surface area contributed by atoms with Crippen LogP contribution in [0.4, 0.5) is 0 Å². The molecule has 1 aromatic rings. The van der Waals surface area contributed by atoms with Crippen LogP contribution in [-0.4, -0.2) is 29.9 Å². The van der Waals surface area contributed by atoms with Crippen molar-refractivity contribution >= 4 is 5.84 Å². The van der Waals surface area contributed by atoms with Crippen LogP contribution in [-0.2, 0) is 0 Å². The highest BCUT2D eigenvalue weighted by Gasteiger charge is 2.19. The molecular formula is C14H23N3. The highest BCUT2D eigenvalue weighted by Crippen LogP contribution is 2.17. The van der Waals surface area contributed by atoms with E-state index in [1.54, 1.807) is 0 Å². The van der Waals surface area contributed by atoms with Crippen LogP contribution in [0.1, 0.15) is 32.3 Å². The second-order valence-electron chi connectivity index (χ2n) is 4.60. The first-order chi connectivity index (χ1) is 8.06. The summed E-state index contributed by atoms with van der Waals surface area (Å²) in [6.45, 7) is 8.28. The summed E-state index contributed by atoms with van der Waals surface area (Å²) in [7, 11) is 0. The van der Waals surface area contributed by atoms with Crippen molar-refractivity contribution in [3.05, 3.63) is 35.9 Å². The van der Waals surface area contributed by atoms with Gasteiger partial charge in [0, 0.05) is 12.6 Å².